The topological polar surface area (TPSA) is 75.2 Å². The van der Waals surface area contributed by atoms with Gasteiger partial charge in [-0.1, -0.05) is 41.2 Å². The third-order valence-electron chi connectivity index (χ3n) is 4.57. The maximum absolute atomic E-state index is 13.4. The highest BCUT2D eigenvalue weighted by atomic mass is 35.5. The molecule has 0 aliphatic rings. The Hall–Kier alpha value is -2.29. The van der Waals surface area contributed by atoms with Crippen LogP contribution in [0.5, 0.6) is 0 Å². The van der Waals surface area contributed by atoms with Crippen LogP contribution in [0.25, 0.3) is 0 Å². The zero-order valence-electron chi connectivity index (χ0n) is 16.3. The van der Waals surface area contributed by atoms with Crippen LogP contribution in [0.3, 0.4) is 0 Å². The number of carbonyl (C=O) groups excluding carboxylic acids is 2. The van der Waals surface area contributed by atoms with Crippen LogP contribution in [0.1, 0.15) is 48.6 Å². The molecule has 1 atom stereocenters. The smallest absolute Gasteiger partial charge is 0.280 e. The van der Waals surface area contributed by atoms with E-state index in [4.69, 9.17) is 11.6 Å². The third-order valence-corrected chi connectivity index (χ3v) is 6.32. The van der Waals surface area contributed by atoms with Crippen molar-refractivity contribution in [3.05, 3.63) is 62.8 Å². The first-order valence-corrected chi connectivity index (χ1v) is 11.1. The molecule has 0 bridgehead atoms. The first-order valence-electron chi connectivity index (χ1n) is 9.04. The Morgan fingerprint density at radius 2 is 2.00 bits per heavy atom. The number of nitrogens with one attached hydrogen (secondary N) is 1. The van der Waals surface area contributed by atoms with E-state index in [9.17, 15) is 9.59 Å². The molecule has 0 aliphatic heterocycles. The molecular formula is C20H21ClN4O2S2. The Morgan fingerprint density at radius 1 is 1.24 bits per heavy atom. The lowest BCUT2D eigenvalue weighted by atomic mass is 10.0. The molecular weight excluding hydrogens is 428 g/mol. The van der Waals surface area contributed by atoms with Gasteiger partial charge in [0.2, 0.25) is 5.91 Å². The second-order valence-corrected chi connectivity index (χ2v) is 9.06. The first kappa shape index (κ1) is 21.4. The molecule has 2 aromatic heterocycles. The zero-order valence-corrected chi connectivity index (χ0v) is 18.6. The predicted molar refractivity (Wildman–Crippen MR) is 118 cm³/mol. The molecule has 2 amide bonds. The summed E-state index contributed by atoms with van der Waals surface area (Å²) < 4.78 is 3.79. The van der Waals surface area contributed by atoms with Gasteiger partial charge in [-0.2, -0.15) is 0 Å². The van der Waals surface area contributed by atoms with Gasteiger partial charge >= 0.3 is 0 Å². The highest BCUT2D eigenvalue weighted by Gasteiger charge is 2.37. The van der Waals surface area contributed by atoms with Crippen molar-refractivity contribution in [1.29, 1.82) is 0 Å². The fourth-order valence-corrected chi connectivity index (χ4v) is 4.17. The number of aromatic nitrogens is 2. The highest BCUT2D eigenvalue weighted by molar-refractivity contribution is 7.10. The van der Waals surface area contributed by atoms with E-state index in [2.05, 4.69) is 14.9 Å². The molecule has 3 aromatic rings. The van der Waals surface area contributed by atoms with E-state index in [0.717, 1.165) is 22.8 Å². The molecule has 6 nitrogen and oxygen atoms in total. The number of para-hydroxylation sites is 1. The zero-order chi connectivity index (χ0) is 21.0. The number of amides is 2. The van der Waals surface area contributed by atoms with Crippen molar-refractivity contribution in [3.63, 3.8) is 0 Å². The van der Waals surface area contributed by atoms with E-state index in [1.54, 1.807) is 29.6 Å². The molecule has 1 N–H and O–H groups in total. The van der Waals surface area contributed by atoms with Crippen LogP contribution in [0.4, 0.5) is 5.69 Å². The standard InChI is InChI=1S/C20H21ClN4O2S2/c1-4-20(2,3)22-18(26)17(16-10-7-11-28-16)25(15-9-6-5-8-13(15)21)19(27)14-12-29-24-23-14/h5-12,17H,4H2,1-3H3,(H,22,26)/t17-/m0/s1. The van der Waals surface area contributed by atoms with Crippen LogP contribution in [-0.2, 0) is 4.79 Å². The first-order chi connectivity index (χ1) is 13.8. The number of halogens is 1. The quantitative estimate of drug-likeness (QED) is 0.555. The summed E-state index contributed by atoms with van der Waals surface area (Å²) in [5.74, 6) is -0.717. The maximum Gasteiger partial charge on any atom is 0.280 e. The van der Waals surface area contributed by atoms with Crippen LogP contribution in [0.2, 0.25) is 5.02 Å². The van der Waals surface area contributed by atoms with E-state index < -0.39 is 17.5 Å². The normalized spacial score (nSPS) is 12.4. The molecule has 3 rings (SSSR count). The monoisotopic (exact) mass is 448 g/mol. The van der Waals surface area contributed by atoms with Crippen molar-refractivity contribution < 1.29 is 9.59 Å². The minimum atomic E-state index is -0.894. The number of hydrogen-bond donors (Lipinski definition) is 1. The molecule has 9 heteroatoms. The summed E-state index contributed by atoms with van der Waals surface area (Å²) in [5, 5.41) is 10.8. The van der Waals surface area contributed by atoms with Gasteiger partial charge < -0.3 is 5.32 Å². The fraction of sp³-hybridized carbons (Fsp3) is 0.300. The van der Waals surface area contributed by atoms with Gasteiger partial charge in [0.1, 0.15) is 0 Å². The minimum Gasteiger partial charge on any atom is -0.349 e. The SMILES string of the molecule is CCC(C)(C)NC(=O)[C@H](c1cccs1)N(C(=O)c1csnn1)c1ccccc1Cl. The average molecular weight is 449 g/mol. The van der Waals surface area contributed by atoms with E-state index in [-0.39, 0.29) is 11.6 Å². The number of benzene rings is 1. The highest BCUT2D eigenvalue weighted by Crippen LogP contribution is 2.36. The number of nitrogens with zero attached hydrogens (tertiary/aromatic N) is 3. The summed E-state index contributed by atoms with van der Waals surface area (Å²) in [6.45, 7) is 5.89. The molecule has 29 heavy (non-hydrogen) atoms. The van der Waals surface area contributed by atoms with Crippen molar-refractivity contribution in [2.24, 2.45) is 0 Å². The fourth-order valence-electron chi connectivity index (χ4n) is 2.70. The van der Waals surface area contributed by atoms with Crippen molar-refractivity contribution in [2.75, 3.05) is 4.90 Å². The van der Waals surface area contributed by atoms with Crippen molar-refractivity contribution >= 4 is 52.0 Å². The minimum absolute atomic E-state index is 0.166. The average Bonchev–Trinajstić information content (AvgIpc) is 3.40. The van der Waals surface area contributed by atoms with Gasteiger partial charge in [-0.15, -0.1) is 16.4 Å². The van der Waals surface area contributed by atoms with Crippen molar-refractivity contribution in [3.8, 4) is 0 Å². The number of thiophene rings is 1. The van der Waals surface area contributed by atoms with Gasteiger partial charge in [0, 0.05) is 15.8 Å². The molecule has 0 saturated carbocycles. The molecule has 0 unspecified atom stereocenters. The van der Waals surface area contributed by atoms with E-state index in [0.29, 0.717) is 10.7 Å². The van der Waals surface area contributed by atoms with Crippen LogP contribution < -0.4 is 10.2 Å². The Balaban J connectivity index is 2.14. The van der Waals surface area contributed by atoms with Crippen LogP contribution >= 0.6 is 34.5 Å². The lowest BCUT2D eigenvalue weighted by molar-refractivity contribution is -0.124. The van der Waals surface area contributed by atoms with Crippen LogP contribution in [0.15, 0.2) is 47.2 Å². The largest absolute Gasteiger partial charge is 0.349 e. The number of hydrogen-bond acceptors (Lipinski definition) is 6. The summed E-state index contributed by atoms with van der Waals surface area (Å²) in [6.07, 6.45) is 0.742. The summed E-state index contributed by atoms with van der Waals surface area (Å²) in [7, 11) is 0. The Kier molecular flexibility index (Phi) is 6.66. The molecule has 0 spiro atoms. The summed E-state index contributed by atoms with van der Waals surface area (Å²) in [5.41, 5.74) is 0.179. The van der Waals surface area contributed by atoms with E-state index in [1.165, 1.54) is 16.2 Å². The van der Waals surface area contributed by atoms with Gasteiger partial charge in [-0.3, -0.25) is 14.5 Å². The van der Waals surface area contributed by atoms with Crippen LogP contribution in [0, 0.1) is 0 Å². The van der Waals surface area contributed by atoms with Gasteiger partial charge in [0.25, 0.3) is 5.91 Å². The third kappa shape index (κ3) is 4.83. The van der Waals surface area contributed by atoms with Crippen molar-refractivity contribution in [1.82, 2.24) is 14.9 Å². The lowest BCUT2D eigenvalue weighted by Gasteiger charge is -2.33. The van der Waals surface area contributed by atoms with E-state index >= 15 is 0 Å². The summed E-state index contributed by atoms with van der Waals surface area (Å²) in [4.78, 5) is 29.0. The number of anilines is 1. The second-order valence-electron chi connectivity index (χ2n) is 7.06. The molecule has 0 radical (unpaired) electrons. The molecule has 2 heterocycles. The van der Waals surface area contributed by atoms with Gasteiger partial charge in [0.15, 0.2) is 11.7 Å². The Morgan fingerprint density at radius 3 is 2.59 bits per heavy atom. The number of rotatable bonds is 7. The summed E-state index contributed by atoms with van der Waals surface area (Å²) >= 11 is 8.92. The molecule has 1 aromatic carbocycles. The van der Waals surface area contributed by atoms with Gasteiger partial charge in [-0.25, -0.2) is 0 Å². The molecule has 0 aliphatic carbocycles. The van der Waals surface area contributed by atoms with Crippen LogP contribution in [-0.4, -0.2) is 26.9 Å². The molecule has 0 saturated heterocycles. The second kappa shape index (κ2) is 9.02. The molecule has 0 fully saturated rings. The Labute approximate surface area is 182 Å². The molecule has 152 valence electrons. The van der Waals surface area contributed by atoms with Crippen molar-refractivity contribution in [2.45, 2.75) is 38.8 Å². The predicted octanol–water partition coefficient (Wildman–Crippen LogP) is 4.95. The summed E-state index contributed by atoms with van der Waals surface area (Å²) in [6, 6.07) is 9.76. The number of carbonyl (C=O) groups is 2. The van der Waals surface area contributed by atoms with E-state index in [1.807, 2.05) is 38.3 Å². The van der Waals surface area contributed by atoms with Gasteiger partial charge in [-0.05, 0) is 55.4 Å². The Bertz CT molecular complexity index is 974. The maximum atomic E-state index is 13.4. The van der Waals surface area contributed by atoms with Gasteiger partial charge in [0.05, 0.1) is 10.7 Å². The lowest BCUT2D eigenvalue weighted by Crippen LogP contribution is -2.50.